The molecule has 0 fully saturated rings. The summed E-state index contributed by atoms with van der Waals surface area (Å²) in [7, 11) is -2.74. The summed E-state index contributed by atoms with van der Waals surface area (Å²) in [6, 6.07) is 17.4. The van der Waals surface area contributed by atoms with Crippen LogP contribution >= 0.6 is 0 Å². The van der Waals surface area contributed by atoms with E-state index < -0.39 is 10.1 Å². The molecule has 118 valence electrons. The van der Waals surface area contributed by atoms with Crippen LogP contribution in [-0.4, -0.2) is 20.1 Å². The molecule has 3 aromatic carbocycles. The summed E-state index contributed by atoms with van der Waals surface area (Å²) >= 11 is 0. The van der Waals surface area contributed by atoms with E-state index in [-0.39, 0.29) is 4.90 Å². The van der Waals surface area contributed by atoms with Crippen LogP contribution in [-0.2, 0) is 10.1 Å². The minimum atomic E-state index is -4.32. The van der Waals surface area contributed by atoms with E-state index in [1.54, 1.807) is 37.4 Å². The van der Waals surface area contributed by atoms with Gasteiger partial charge >= 0.3 is 0 Å². The molecule has 0 unspecified atom stereocenters. The van der Waals surface area contributed by atoms with Crippen molar-refractivity contribution in [2.75, 3.05) is 12.4 Å². The van der Waals surface area contributed by atoms with Gasteiger partial charge < -0.3 is 10.1 Å². The Hall–Kier alpha value is -2.57. The molecular weight excluding hydrogens is 314 g/mol. The third-order valence-electron chi connectivity index (χ3n) is 3.49. The third kappa shape index (κ3) is 3.13. The number of rotatable bonds is 4. The minimum Gasteiger partial charge on any atom is -0.497 e. The normalized spacial score (nSPS) is 11.4. The van der Waals surface area contributed by atoms with Crippen molar-refractivity contribution in [1.29, 1.82) is 0 Å². The van der Waals surface area contributed by atoms with Gasteiger partial charge in [-0.3, -0.25) is 4.55 Å². The van der Waals surface area contributed by atoms with Crippen molar-refractivity contribution in [3.05, 3.63) is 60.7 Å². The van der Waals surface area contributed by atoms with Gasteiger partial charge in [-0.1, -0.05) is 30.3 Å². The first-order valence-corrected chi connectivity index (χ1v) is 8.33. The van der Waals surface area contributed by atoms with Crippen molar-refractivity contribution < 1.29 is 17.7 Å². The van der Waals surface area contributed by atoms with E-state index in [1.807, 2.05) is 24.3 Å². The van der Waals surface area contributed by atoms with Crippen molar-refractivity contribution >= 4 is 32.3 Å². The largest absolute Gasteiger partial charge is 0.497 e. The van der Waals surface area contributed by atoms with Crippen LogP contribution in [0, 0.1) is 0 Å². The lowest BCUT2D eigenvalue weighted by Crippen LogP contribution is -2.01. The zero-order valence-corrected chi connectivity index (χ0v) is 13.2. The highest BCUT2D eigenvalue weighted by atomic mass is 32.2. The Morgan fingerprint density at radius 3 is 2.39 bits per heavy atom. The quantitative estimate of drug-likeness (QED) is 0.711. The molecule has 0 aromatic heterocycles. The first-order valence-electron chi connectivity index (χ1n) is 6.89. The zero-order valence-electron chi connectivity index (χ0n) is 12.4. The predicted molar refractivity (Wildman–Crippen MR) is 90.0 cm³/mol. The van der Waals surface area contributed by atoms with E-state index in [1.165, 1.54) is 6.07 Å². The average molecular weight is 329 g/mol. The SMILES string of the molecule is COc1cccc(Nc2cccc3cccc(S(=O)(=O)O)c23)c1. The molecule has 0 saturated carbocycles. The Balaban J connectivity index is 2.17. The fourth-order valence-corrected chi connectivity index (χ4v) is 3.22. The average Bonchev–Trinajstić information content (AvgIpc) is 2.54. The molecular formula is C17H15NO4S. The van der Waals surface area contributed by atoms with Crippen LogP contribution in [0.4, 0.5) is 11.4 Å². The van der Waals surface area contributed by atoms with Crippen molar-refractivity contribution in [3.8, 4) is 5.75 Å². The van der Waals surface area contributed by atoms with E-state index in [9.17, 15) is 13.0 Å². The van der Waals surface area contributed by atoms with Gasteiger partial charge in [-0.2, -0.15) is 8.42 Å². The van der Waals surface area contributed by atoms with Gasteiger partial charge in [-0.05, 0) is 29.7 Å². The van der Waals surface area contributed by atoms with Gasteiger partial charge in [0, 0.05) is 22.8 Å². The van der Waals surface area contributed by atoms with Gasteiger partial charge in [0.25, 0.3) is 10.1 Å². The molecule has 0 heterocycles. The highest BCUT2D eigenvalue weighted by Gasteiger charge is 2.16. The number of ether oxygens (including phenoxy) is 1. The second-order valence-electron chi connectivity index (χ2n) is 4.99. The van der Waals surface area contributed by atoms with E-state index in [0.717, 1.165) is 5.69 Å². The minimum absolute atomic E-state index is 0.124. The highest BCUT2D eigenvalue weighted by Crippen LogP contribution is 2.32. The molecule has 0 aliphatic carbocycles. The van der Waals surface area contributed by atoms with Crippen LogP contribution in [0.3, 0.4) is 0 Å². The number of anilines is 2. The predicted octanol–water partition coefficient (Wildman–Crippen LogP) is 3.84. The molecule has 0 aliphatic rings. The molecule has 0 radical (unpaired) electrons. The number of methoxy groups -OCH3 is 1. The smallest absolute Gasteiger partial charge is 0.295 e. The fourth-order valence-electron chi connectivity index (χ4n) is 2.48. The molecule has 0 atom stereocenters. The summed E-state index contributed by atoms with van der Waals surface area (Å²) in [5.41, 5.74) is 1.34. The second-order valence-corrected chi connectivity index (χ2v) is 6.38. The van der Waals surface area contributed by atoms with E-state index in [2.05, 4.69) is 5.32 Å². The number of nitrogens with one attached hydrogen (secondary N) is 1. The fraction of sp³-hybridized carbons (Fsp3) is 0.0588. The van der Waals surface area contributed by atoms with Gasteiger partial charge in [0.15, 0.2) is 0 Å². The maximum atomic E-state index is 11.7. The van der Waals surface area contributed by atoms with Gasteiger partial charge in [0.1, 0.15) is 10.6 Å². The molecule has 0 saturated heterocycles. The zero-order chi connectivity index (χ0) is 16.4. The second kappa shape index (κ2) is 5.91. The lowest BCUT2D eigenvalue weighted by atomic mass is 10.1. The van der Waals surface area contributed by atoms with Crippen LogP contribution in [0.5, 0.6) is 5.75 Å². The lowest BCUT2D eigenvalue weighted by Gasteiger charge is -2.13. The first kappa shape index (κ1) is 15.3. The summed E-state index contributed by atoms with van der Waals surface area (Å²) in [5.74, 6) is 0.685. The monoisotopic (exact) mass is 329 g/mol. The topological polar surface area (TPSA) is 75.6 Å². The van der Waals surface area contributed by atoms with Gasteiger partial charge in [-0.25, -0.2) is 0 Å². The molecule has 5 nitrogen and oxygen atoms in total. The van der Waals surface area contributed by atoms with Crippen LogP contribution in [0.15, 0.2) is 65.6 Å². The molecule has 6 heteroatoms. The molecule has 0 amide bonds. The summed E-state index contributed by atoms with van der Waals surface area (Å²) in [6.07, 6.45) is 0. The number of hydrogen-bond donors (Lipinski definition) is 2. The summed E-state index contributed by atoms with van der Waals surface area (Å²) in [4.78, 5) is -0.124. The summed E-state index contributed by atoms with van der Waals surface area (Å²) in [6.45, 7) is 0. The molecule has 0 bridgehead atoms. The molecule has 3 rings (SSSR count). The van der Waals surface area contributed by atoms with Gasteiger partial charge in [0.05, 0.1) is 7.11 Å². The van der Waals surface area contributed by atoms with Crippen LogP contribution in [0.25, 0.3) is 10.8 Å². The van der Waals surface area contributed by atoms with Crippen molar-refractivity contribution in [2.45, 2.75) is 4.90 Å². The third-order valence-corrected chi connectivity index (χ3v) is 4.39. The van der Waals surface area contributed by atoms with Crippen molar-refractivity contribution in [1.82, 2.24) is 0 Å². The maximum absolute atomic E-state index is 11.7. The Labute approximate surface area is 134 Å². The summed E-state index contributed by atoms with van der Waals surface area (Å²) < 4.78 is 38.0. The van der Waals surface area contributed by atoms with Crippen LogP contribution < -0.4 is 10.1 Å². The van der Waals surface area contributed by atoms with E-state index in [4.69, 9.17) is 4.74 Å². The van der Waals surface area contributed by atoms with E-state index in [0.29, 0.717) is 22.2 Å². The number of benzene rings is 3. The summed E-state index contributed by atoms with van der Waals surface area (Å²) in [5, 5.41) is 4.34. The molecule has 2 N–H and O–H groups in total. The Morgan fingerprint density at radius 2 is 1.70 bits per heavy atom. The molecule has 0 spiro atoms. The Bertz CT molecular complexity index is 962. The Kier molecular flexibility index (Phi) is 3.94. The highest BCUT2D eigenvalue weighted by molar-refractivity contribution is 7.86. The molecule has 3 aromatic rings. The molecule has 23 heavy (non-hydrogen) atoms. The van der Waals surface area contributed by atoms with Crippen LogP contribution in [0.1, 0.15) is 0 Å². The first-order chi connectivity index (χ1) is 11.0. The molecule has 0 aliphatic heterocycles. The number of fused-ring (bicyclic) bond motifs is 1. The van der Waals surface area contributed by atoms with Crippen LogP contribution in [0.2, 0.25) is 0 Å². The standard InChI is InChI=1S/C17H15NO4S/c1-22-14-8-4-7-13(11-14)18-15-9-2-5-12-6-3-10-16(17(12)15)23(19,20)21/h2-11,18H,1H3,(H,19,20,21). The van der Waals surface area contributed by atoms with Crippen molar-refractivity contribution in [3.63, 3.8) is 0 Å². The van der Waals surface area contributed by atoms with E-state index >= 15 is 0 Å². The maximum Gasteiger partial charge on any atom is 0.295 e. The number of hydrogen-bond acceptors (Lipinski definition) is 4. The van der Waals surface area contributed by atoms with Gasteiger partial charge in [0.2, 0.25) is 0 Å². The Morgan fingerprint density at radius 1 is 1.00 bits per heavy atom. The van der Waals surface area contributed by atoms with Crippen molar-refractivity contribution in [2.24, 2.45) is 0 Å². The van der Waals surface area contributed by atoms with Gasteiger partial charge in [-0.15, -0.1) is 0 Å². The lowest BCUT2D eigenvalue weighted by molar-refractivity contribution is 0.415.